The quantitative estimate of drug-likeness (QED) is 0.912. The summed E-state index contributed by atoms with van der Waals surface area (Å²) in [6.07, 6.45) is 3.52. The molecule has 0 atom stereocenters. The number of aryl methyl sites for hydroxylation is 1. The lowest BCUT2D eigenvalue weighted by atomic mass is 9.99. The molecule has 0 bridgehead atoms. The summed E-state index contributed by atoms with van der Waals surface area (Å²) in [7, 11) is 0. The SMILES string of the molecule is Cc1cc(Cl)ccc1Nc1cc(C(=O)N2CCC(C)CC2)ncn1. The van der Waals surface area contributed by atoms with Gasteiger partial charge in [0.2, 0.25) is 0 Å². The van der Waals surface area contributed by atoms with Crippen LogP contribution in [-0.2, 0) is 0 Å². The Balaban J connectivity index is 1.75. The molecule has 1 aromatic carbocycles. The highest BCUT2D eigenvalue weighted by atomic mass is 35.5. The summed E-state index contributed by atoms with van der Waals surface area (Å²) in [6, 6.07) is 7.30. The molecule has 1 N–H and O–H groups in total. The highest BCUT2D eigenvalue weighted by Gasteiger charge is 2.22. The number of amides is 1. The van der Waals surface area contributed by atoms with E-state index < -0.39 is 0 Å². The first kappa shape index (κ1) is 16.7. The van der Waals surface area contributed by atoms with E-state index in [-0.39, 0.29) is 5.91 Å². The van der Waals surface area contributed by atoms with Crippen LogP contribution in [-0.4, -0.2) is 33.9 Å². The number of likely N-dealkylation sites (tertiary alicyclic amines) is 1. The van der Waals surface area contributed by atoms with Crippen molar-refractivity contribution >= 4 is 29.0 Å². The lowest BCUT2D eigenvalue weighted by molar-refractivity contribution is 0.0691. The molecule has 0 saturated carbocycles. The third-order valence-corrected chi connectivity index (χ3v) is 4.64. The number of benzene rings is 1. The van der Waals surface area contributed by atoms with Crippen LogP contribution in [0.25, 0.3) is 0 Å². The van der Waals surface area contributed by atoms with E-state index >= 15 is 0 Å². The average molecular weight is 345 g/mol. The van der Waals surface area contributed by atoms with Gasteiger partial charge in [-0.3, -0.25) is 4.79 Å². The van der Waals surface area contributed by atoms with Crippen LogP contribution in [0, 0.1) is 12.8 Å². The minimum Gasteiger partial charge on any atom is -0.340 e. The van der Waals surface area contributed by atoms with Gasteiger partial charge in [0.1, 0.15) is 17.8 Å². The van der Waals surface area contributed by atoms with E-state index in [9.17, 15) is 4.79 Å². The molecular formula is C18H21ClN4O. The van der Waals surface area contributed by atoms with Crippen molar-refractivity contribution in [2.24, 2.45) is 5.92 Å². The summed E-state index contributed by atoms with van der Waals surface area (Å²) >= 11 is 5.98. The van der Waals surface area contributed by atoms with Crippen LogP contribution in [0.3, 0.4) is 0 Å². The fourth-order valence-corrected chi connectivity index (χ4v) is 3.05. The Morgan fingerprint density at radius 1 is 1.25 bits per heavy atom. The van der Waals surface area contributed by atoms with Gasteiger partial charge in [-0.25, -0.2) is 9.97 Å². The van der Waals surface area contributed by atoms with Crippen molar-refractivity contribution in [2.75, 3.05) is 18.4 Å². The number of carbonyl (C=O) groups is 1. The lowest BCUT2D eigenvalue weighted by Crippen LogP contribution is -2.38. The number of hydrogen-bond donors (Lipinski definition) is 1. The highest BCUT2D eigenvalue weighted by Crippen LogP contribution is 2.23. The smallest absolute Gasteiger partial charge is 0.272 e. The lowest BCUT2D eigenvalue weighted by Gasteiger charge is -2.30. The van der Waals surface area contributed by atoms with Crippen LogP contribution in [0.4, 0.5) is 11.5 Å². The zero-order valence-electron chi connectivity index (χ0n) is 13.9. The second-order valence-corrected chi connectivity index (χ2v) is 6.78. The molecule has 1 amide bonds. The fraction of sp³-hybridized carbons (Fsp3) is 0.389. The first-order valence-electron chi connectivity index (χ1n) is 8.17. The van der Waals surface area contributed by atoms with Crippen LogP contribution in [0.5, 0.6) is 0 Å². The minimum absolute atomic E-state index is 0.0276. The van der Waals surface area contributed by atoms with Crippen molar-refractivity contribution < 1.29 is 4.79 Å². The van der Waals surface area contributed by atoms with Crippen LogP contribution in [0.15, 0.2) is 30.6 Å². The van der Waals surface area contributed by atoms with Gasteiger partial charge in [0.05, 0.1) is 0 Å². The van der Waals surface area contributed by atoms with E-state index in [0.29, 0.717) is 22.5 Å². The maximum Gasteiger partial charge on any atom is 0.272 e. The molecule has 1 aliphatic rings. The van der Waals surface area contributed by atoms with Crippen molar-refractivity contribution in [1.82, 2.24) is 14.9 Å². The molecule has 0 radical (unpaired) electrons. The van der Waals surface area contributed by atoms with Gasteiger partial charge < -0.3 is 10.2 Å². The Labute approximate surface area is 147 Å². The molecule has 1 fully saturated rings. The van der Waals surface area contributed by atoms with Gasteiger partial charge in [-0.2, -0.15) is 0 Å². The predicted octanol–water partition coefficient (Wildman–Crippen LogP) is 4.05. The van der Waals surface area contributed by atoms with Crippen LogP contribution < -0.4 is 5.32 Å². The van der Waals surface area contributed by atoms with E-state index in [1.165, 1.54) is 6.33 Å². The van der Waals surface area contributed by atoms with Crippen molar-refractivity contribution in [2.45, 2.75) is 26.7 Å². The highest BCUT2D eigenvalue weighted by molar-refractivity contribution is 6.30. The molecule has 24 heavy (non-hydrogen) atoms. The Morgan fingerprint density at radius 3 is 2.71 bits per heavy atom. The van der Waals surface area contributed by atoms with Gasteiger partial charge >= 0.3 is 0 Å². The van der Waals surface area contributed by atoms with Crippen LogP contribution in [0.1, 0.15) is 35.8 Å². The Morgan fingerprint density at radius 2 is 2.00 bits per heavy atom. The summed E-state index contributed by atoms with van der Waals surface area (Å²) in [5.74, 6) is 1.26. The Kier molecular flexibility index (Phi) is 5.00. The maximum absolute atomic E-state index is 12.6. The number of hydrogen-bond acceptors (Lipinski definition) is 4. The first-order chi connectivity index (χ1) is 11.5. The zero-order chi connectivity index (χ0) is 17.1. The third-order valence-electron chi connectivity index (χ3n) is 4.41. The molecule has 1 aromatic heterocycles. The number of piperidine rings is 1. The molecule has 3 rings (SSSR count). The number of halogens is 1. The summed E-state index contributed by atoms with van der Waals surface area (Å²) < 4.78 is 0. The number of rotatable bonds is 3. The van der Waals surface area contributed by atoms with E-state index in [0.717, 1.165) is 37.2 Å². The summed E-state index contributed by atoms with van der Waals surface area (Å²) in [4.78, 5) is 22.8. The van der Waals surface area contributed by atoms with E-state index in [4.69, 9.17) is 11.6 Å². The number of carbonyl (C=O) groups excluding carboxylic acids is 1. The van der Waals surface area contributed by atoms with Gasteiger partial charge in [0, 0.05) is 29.9 Å². The summed E-state index contributed by atoms with van der Waals surface area (Å²) in [6.45, 7) is 5.78. The topological polar surface area (TPSA) is 58.1 Å². The van der Waals surface area contributed by atoms with Gasteiger partial charge in [0.15, 0.2) is 0 Å². The predicted molar refractivity (Wildman–Crippen MR) is 95.8 cm³/mol. The van der Waals surface area contributed by atoms with Crippen LogP contribution in [0.2, 0.25) is 5.02 Å². The average Bonchev–Trinajstić information content (AvgIpc) is 2.58. The standard InChI is InChI=1S/C18H21ClN4O/c1-12-5-7-23(8-6-12)18(24)16-10-17(21-11-20-16)22-15-4-3-14(19)9-13(15)2/h3-4,9-12H,5-8H2,1-2H3,(H,20,21,22). The normalized spacial score (nSPS) is 15.4. The van der Waals surface area contributed by atoms with E-state index in [2.05, 4.69) is 22.2 Å². The van der Waals surface area contributed by atoms with Gasteiger partial charge in [-0.15, -0.1) is 0 Å². The Hall–Kier alpha value is -2.14. The van der Waals surface area contributed by atoms with Crippen molar-refractivity contribution in [1.29, 1.82) is 0 Å². The molecule has 0 spiro atoms. The van der Waals surface area contributed by atoms with Crippen molar-refractivity contribution in [3.05, 3.63) is 46.9 Å². The molecular weight excluding hydrogens is 324 g/mol. The molecule has 6 heteroatoms. The minimum atomic E-state index is -0.0276. The van der Waals surface area contributed by atoms with Crippen LogP contribution >= 0.6 is 11.6 Å². The number of nitrogens with one attached hydrogen (secondary N) is 1. The summed E-state index contributed by atoms with van der Waals surface area (Å²) in [5.41, 5.74) is 2.34. The maximum atomic E-state index is 12.6. The van der Waals surface area contributed by atoms with Crippen molar-refractivity contribution in [3.8, 4) is 0 Å². The van der Waals surface area contributed by atoms with Gasteiger partial charge in [-0.1, -0.05) is 18.5 Å². The molecule has 1 aliphatic heterocycles. The largest absolute Gasteiger partial charge is 0.340 e. The summed E-state index contributed by atoms with van der Waals surface area (Å²) in [5, 5.41) is 3.91. The second kappa shape index (κ2) is 7.18. The molecule has 0 aliphatic carbocycles. The first-order valence-corrected chi connectivity index (χ1v) is 8.55. The number of nitrogens with zero attached hydrogens (tertiary/aromatic N) is 3. The number of aromatic nitrogens is 2. The van der Waals surface area contributed by atoms with Gasteiger partial charge in [0.25, 0.3) is 5.91 Å². The molecule has 126 valence electrons. The van der Waals surface area contributed by atoms with E-state index in [1.54, 1.807) is 6.07 Å². The fourth-order valence-electron chi connectivity index (χ4n) is 2.82. The molecule has 2 heterocycles. The molecule has 2 aromatic rings. The Bertz CT molecular complexity index is 742. The van der Waals surface area contributed by atoms with Gasteiger partial charge in [-0.05, 0) is 49.4 Å². The van der Waals surface area contributed by atoms with Crippen molar-refractivity contribution in [3.63, 3.8) is 0 Å². The third kappa shape index (κ3) is 3.85. The monoisotopic (exact) mass is 344 g/mol. The number of anilines is 2. The molecule has 5 nitrogen and oxygen atoms in total. The molecule has 0 unspecified atom stereocenters. The zero-order valence-corrected chi connectivity index (χ0v) is 14.7. The van der Waals surface area contributed by atoms with E-state index in [1.807, 2.05) is 30.0 Å². The second-order valence-electron chi connectivity index (χ2n) is 6.35. The molecule has 1 saturated heterocycles.